The summed E-state index contributed by atoms with van der Waals surface area (Å²) < 4.78 is 10.4. The van der Waals surface area contributed by atoms with Gasteiger partial charge in [-0.25, -0.2) is 0 Å². The monoisotopic (exact) mass is 249 g/mol. The van der Waals surface area contributed by atoms with Crippen molar-refractivity contribution >= 4 is 5.91 Å². The molecular weight excluding hydrogens is 230 g/mol. The summed E-state index contributed by atoms with van der Waals surface area (Å²) in [6.45, 7) is 1.88. The fourth-order valence-electron chi connectivity index (χ4n) is 2.02. The number of methoxy groups -OCH3 is 1. The van der Waals surface area contributed by atoms with E-state index in [0.29, 0.717) is 13.2 Å². The highest BCUT2D eigenvalue weighted by Crippen LogP contribution is 2.14. The lowest BCUT2D eigenvalue weighted by molar-refractivity contribution is -0.129. The number of nitrogens with one attached hydrogen (secondary N) is 1. The summed E-state index contributed by atoms with van der Waals surface area (Å²) in [7, 11) is 1.64. The van der Waals surface area contributed by atoms with Crippen molar-refractivity contribution in [3.05, 3.63) is 29.8 Å². The molecule has 1 N–H and O–H groups in total. The molecule has 4 nitrogen and oxygen atoms in total. The lowest BCUT2D eigenvalue weighted by Crippen LogP contribution is -2.35. The Hall–Kier alpha value is -1.55. The van der Waals surface area contributed by atoms with Gasteiger partial charge in [0.25, 0.3) is 0 Å². The number of carbonyl (C=O) groups is 1. The first-order chi connectivity index (χ1) is 8.79. The number of rotatable bonds is 4. The molecule has 1 fully saturated rings. The number of carbonyl (C=O) groups excluding carboxylic acids is 1. The fraction of sp³-hybridized carbons (Fsp3) is 0.500. The van der Waals surface area contributed by atoms with E-state index < -0.39 is 0 Å². The van der Waals surface area contributed by atoms with Gasteiger partial charge in [-0.15, -0.1) is 0 Å². The van der Waals surface area contributed by atoms with E-state index in [4.69, 9.17) is 9.47 Å². The third-order valence-electron chi connectivity index (χ3n) is 3.16. The van der Waals surface area contributed by atoms with Crippen molar-refractivity contribution in [2.24, 2.45) is 5.92 Å². The Morgan fingerprint density at radius 2 is 2.22 bits per heavy atom. The van der Waals surface area contributed by atoms with Crippen LogP contribution in [0.15, 0.2) is 24.3 Å². The van der Waals surface area contributed by atoms with Crippen LogP contribution in [-0.2, 0) is 16.1 Å². The second-order valence-electron chi connectivity index (χ2n) is 4.48. The van der Waals surface area contributed by atoms with Crippen LogP contribution in [0.3, 0.4) is 0 Å². The van der Waals surface area contributed by atoms with Gasteiger partial charge in [-0.05, 0) is 30.5 Å². The number of benzene rings is 1. The molecule has 1 unspecified atom stereocenters. The molecule has 1 heterocycles. The predicted molar refractivity (Wildman–Crippen MR) is 68.4 cm³/mol. The number of amides is 1. The van der Waals surface area contributed by atoms with Crippen molar-refractivity contribution in [2.75, 3.05) is 20.3 Å². The normalized spacial score (nSPS) is 19.3. The van der Waals surface area contributed by atoms with Gasteiger partial charge in [0.1, 0.15) is 5.75 Å². The summed E-state index contributed by atoms with van der Waals surface area (Å²) in [5.74, 6) is 0.924. The van der Waals surface area contributed by atoms with Gasteiger partial charge in [-0.3, -0.25) is 4.79 Å². The Bertz CT molecular complexity index is 383. The van der Waals surface area contributed by atoms with Crippen LogP contribution in [0.4, 0.5) is 0 Å². The number of hydrogen-bond donors (Lipinski definition) is 1. The summed E-state index contributed by atoms with van der Waals surface area (Å²) in [6, 6.07) is 7.70. The first-order valence-corrected chi connectivity index (χ1v) is 6.28. The molecule has 1 aromatic carbocycles. The van der Waals surface area contributed by atoms with Gasteiger partial charge in [0.15, 0.2) is 0 Å². The number of hydrogen-bond acceptors (Lipinski definition) is 3. The standard InChI is InChI=1S/C14H19NO3/c1-17-13-6-4-11(5-7-13)9-15-14(16)12-3-2-8-18-10-12/h4-7,12H,2-3,8-10H2,1H3,(H,15,16). The lowest BCUT2D eigenvalue weighted by Gasteiger charge is -2.21. The van der Waals surface area contributed by atoms with Crippen LogP contribution < -0.4 is 10.1 Å². The second kappa shape index (κ2) is 6.40. The van der Waals surface area contributed by atoms with Crippen molar-refractivity contribution in [1.29, 1.82) is 0 Å². The van der Waals surface area contributed by atoms with E-state index in [9.17, 15) is 4.79 Å². The maximum atomic E-state index is 11.9. The van der Waals surface area contributed by atoms with Crippen molar-refractivity contribution in [3.8, 4) is 5.75 Å². The molecule has 98 valence electrons. The molecule has 0 aromatic heterocycles. The minimum absolute atomic E-state index is 0.0111. The maximum Gasteiger partial charge on any atom is 0.225 e. The Labute approximate surface area is 107 Å². The zero-order valence-corrected chi connectivity index (χ0v) is 10.6. The average molecular weight is 249 g/mol. The summed E-state index contributed by atoms with van der Waals surface area (Å²) in [5, 5.41) is 2.95. The first kappa shape index (κ1) is 12.9. The van der Waals surface area contributed by atoms with E-state index in [-0.39, 0.29) is 11.8 Å². The SMILES string of the molecule is COc1ccc(CNC(=O)C2CCCOC2)cc1. The largest absolute Gasteiger partial charge is 0.497 e. The fourth-order valence-corrected chi connectivity index (χ4v) is 2.02. The highest BCUT2D eigenvalue weighted by molar-refractivity contribution is 5.78. The van der Waals surface area contributed by atoms with E-state index in [1.807, 2.05) is 24.3 Å². The Kier molecular flexibility index (Phi) is 4.59. The maximum absolute atomic E-state index is 11.9. The molecule has 0 radical (unpaired) electrons. The van der Waals surface area contributed by atoms with E-state index in [1.165, 1.54) is 0 Å². The van der Waals surface area contributed by atoms with Crippen LogP contribution in [0.25, 0.3) is 0 Å². The molecule has 4 heteroatoms. The highest BCUT2D eigenvalue weighted by atomic mass is 16.5. The molecule has 2 rings (SSSR count). The summed E-state index contributed by atoms with van der Waals surface area (Å²) >= 11 is 0. The molecule has 1 aromatic rings. The summed E-state index contributed by atoms with van der Waals surface area (Å²) in [4.78, 5) is 11.9. The van der Waals surface area contributed by atoms with Gasteiger partial charge < -0.3 is 14.8 Å². The van der Waals surface area contributed by atoms with Gasteiger partial charge in [0.05, 0.1) is 19.6 Å². The third kappa shape index (κ3) is 3.47. The van der Waals surface area contributed by atoms with Crippen molar-refractivity contribution in [2.45, 2.75) is 19.4 Å². The van der Waals surface area contributed by atoms with Crippen LogP contribution in [0.1, 0.15) is 18.4 Å². The van der Waals surface area contributed by atoms with Crippen molar-refractivity contribution < 1.29 is 14.3 Å². The molecule has 18 heavy (non-hydrogen) atoms. The lowest BCUT2D eigenvalue weighted by atomic mass is 10.0. The van der Waals surface area contributed by atoms with Crippen LogP contribution in [0, 0.1) is 5.92 Å². The quantitative estimate of drug-likeness (QED) is 0.884. The van der Waals surface area contributed by atoms with Crippen LogP contribution in [0.5, 0.6) is 5.75 Å². The van der Waals surface area contributed by atoms with Gasteiger partial charge in [0, 0.05) is 13.2 Å². The summed E-state index contributed by atoms with van der Waals surface area (Å²) in [6.07, 6.45) is 1.90. The molecule has 0 saturated carbocycles. The minimum Gasteiger partial charge on any atom is -0.497 e. The van der Waals surface area contributed by atoms with Crippen molar-refractivity contribution in [3.63, 3.8) is 0 Å². The Morgan fingerprint density at radius 3 is 2.83 bits per heavy atom. The van der Waals surface area contributed by atoms with E-state index in [1.54, 1.807) is 7.11 Å². The summed E-state index contributed by atoms with van der Waals surface area (Å²) in [5.41, 5.74) is 1.07. The van der Waals surface area contributed by atoms with Crippen LogP contribution >= 0.6 is 0 Å². The molecule has 1 amide bonds. The minimum atomic E-state index is 0.0111. The molecule has 1 aliphatic rings. The van der Waals surface area contributed by atoms with Crippen LogP contribution in [-0.4, -0.2) is 26.2 Å². The topological polar surface area (TPSA) is 47.6 Å². The molecule has 0 spiro atoms. The molecule has 0 bridgehead atoms. The Balaban J connectivity index is 1.80. The molecule has 1 aliphatic heterocycles. The number of ether oxygens (including phenoxy) is 2. The first-order valence-electron chi connectivity index (χ1n) is 6.28. The molecule has 1 atom stereocenters. The zero-order chi connectivity index (χ0) is 12.8. The molecular formula is C14H19NO3. The molecule has 0 aliphatic carbocycles. The van der Waals surface area contributed by atoms with E-state index in [0.717, 1.165) is 30.8 Å². The van der Waals surface area contributed by atoms with Gasteiger partial charge >= 0.3 is 0 Å². The Morgan fingerprint density at radius 1 is 1.44 bits per heavy atom. The van der Waals surface area contributed by atoms with Crippen LogP contribution in [0.2, 0.25) is 0 Å². The zero-order valence-electron chi connectivity index (χ0n) is 10.6. The van der Waals surface area contributed by atoms with Gasteiger partial charge in [-0.2, -0.15) is 0 Å². The van der Waals surface area contributed by atoms with E-state index >= 15 is 0 Å². The highest BCUT2D eigenvalue weighted by Gasteiger charge is 2.21. The second-order valence-corrected chi connectivity index (χ2v) is 4.48. The van der Waals surface area contributed by atoms with Crippen molar-refractivity contribution in [1.82, 2.24) is 5.32 Å². The van der Waals surface area contributed by atoms with Gasteiger partial charge in [0.2, 0.25) is 5.91 Å². The average Bonchev–Trinajstić information content (AvgIpc) is 2.46. The van der Waals surface area contributed by atoms with E-state index in [2.05, 4.69) is 5.32 Å². The molecule has 1 saturated heterocycles. The smallest absolute Gasteiger partial charge is 0.225 e. The van der Waals surface area contributed by atoms with Gasteiger partial charge in [-0.1, -0.05) is 12.1 Å². The third-order valence-corrected chi connectivity index (χ3v) is 3.16. The predicted octanol–water partition coefficient (Wildman–Crippen LogP) is 1.74.